The second-order valence-electron chi connectivity index (χ2n) is 7.28. The molecule has 2 amide bonds. The van der Waals surface area contributed by atoms with Crippen LogP contribution in [0, 0.1) is 17.0 Å². The van der Waals surface area contributed by atoms with Crippen molar-refractivity contribution in [1.29, 1.82) is 0 Å². The van der Waals surface area contributed by atoms with Gasteiger partial charge in [0, 0.05) is 37.6 Å². The number of benzene rings is 1. The van der Waals surface area contributed by atoms with E-state index in [0.717, 1.165) is 0 Å². The van der Waals surface area contributed by atoms with Crippen LogP contribution >= 0.6 is 11.3 Å². The van der Waals surface area contributed by atoms with Crippen LogP contribution in [0.5, 0.6) is 0 Å². The number of amides is 2. The Morgan fingerprint density at radius 2 is 1.97 bits per heavy atom. The Morgan fingerprint density at radius 3 is 2.66 bits per heavy atom. The standard InChI is InChI=1S/C21H21N5O5S/c1-14-16(6-11-31-14)20(28)23-21-22-15(13-32-21)12-19(27)25-9-7-24(8-10-25)17-4-2-3-5-18(17)26(29)30/h2-6,11,13H,7-10,12H2,1H3,(H,22,23,28). The Bertz CT molecular complexity index is 1150. The van der Waals surface area contributed by atoms with Crippen LogP contribution in [0.2, 0.25) is 0 Å². The number of para-hydroxylation sites is 2. The molecule has 1 N–H and O–H groups in total. The number of aromatic nitrogens is 1. The third kappa shape index (κ3) is 4.62. The van der Waals surface area contributed by atoms with Crippen LogP contribution in [-0.4, -0.2) is 52.8 Å². The highest BCUT2D eigenvalue weighted by atomic mass is 32.1. The van der Waals surface area contributed by atoms with Crippen molar-refractivity contribution in [3.63, 3.8) is 0 Å². The first-order valence-corrected chi connectivity index (χ1v) is 10.9. The van der Waals surface area contributed by atoms with Crippen molar-refractivity contribution in [3.8, 4) is 0 Å². The molecule has 0 radical (unpaired) electrons. The first kappa shape index (κ1) is 21.5. The number of nitrogens with one attached hydrogen (secondary N) is 1. The Labute approximate surface area is 187 Å². The third-order valence-electron chi connectivity index (χ3n) is 5.26. The van der Waals surface area contributed by atoms with Gasteiger partial charge in [0.25, 0.3) is 11.6 Å². The van der Waals surface area contributed by atoms with E-state index in [1.165, 1.54) is 23.7 Å². The summed E-state index contributed by atoms with van der Waals surface area (Å²) in [5.74, 6) is 0.144. The molecule has 32 heavy (non-hydrogen) atoms. The fourth-order valence-corrected chi connectivity index (χ4v) is 4.29. The molecule has 4 rings (SSSR count). The summed E-state index contributed by atoms with van der Waals surface area (Å²) in [6.45, 7) is 3.67. The molecular weight excluding hydrogens is 434 g/mol. The number of hydrogen-bond acceptors (Lipinski definition) is 8. The van der Waals surface area contributed by atoms with Crippen molar-refractivity contribution in [2.45, 2.75) is 13.3 Å². The van der Waals surface area contributed by atoms with Gasteiger partial charge in [0.15, 0.2) is 5.13 Å². The van der Waals surface area contributed by atoms with E-state index in [1.54, 1.807) is 41.5 Å². The normalized spacial score (nSPS) is 13.8. The van der Waals surface area contributed by atoms with Crippen molar-refractivity contribution >= 4 is 39.7 Å². The summed E-state index contributed by atoms with van der Waals surface area (Å²) in [6.07, 6.45) is 1.58. The average molecular weight is 455 g/mol. The number of piperazine rings is 1. The van der Waals surface area contributed by atoms with Gasteiger partial charge in [-0.15, -0.1) is 11.3 Å². The third-order valence-corrected chi connectivity index (χ3v) is 6.07. The van der Waals surface area contributed by atoms with E-state index in [0.29, 0.717) is 54.0 Å². The lowest BCUT2D eigenvalue weighted by atomic mass is 10.2. The van der Waals surface area contributed by atoms with Crippen LogP contribution in [0.25, 0.3) is 0 Å². The molecular formula is C21H21N5O5S. The second kappa shape index (κ2) is 9.18. The SMILES string of the molecule is Cc1occc1C(=O)Nc1nc(CC(=O)N2CCN(c3ccccc3[N+](=O)[O-])CC2)cs1. The quantitative estimate of drug-likeness (QED) is 0.448. The van der Waals surface area contributed by atoms with Crippen molar-refractivity contribution < 1.29 is 18.9 Å². The van der Waals surface area contributed by atoms with E-state index in [4.69, 9.17) is 4.42 Å². The van der Waals surface area contributed by atoms with Crippen LogP contribution in [0.1, 0.15) is 21.8 Å². The van der Waals surface area contributed by atoms with Gasteiger partial charge in [-0.05, 0) is 19.1 Å². The molecule has 3 aromatic rings. The lowest BCUT2D eigenvalue weighted by Crippen LogP contribution is -2.49. The molecule has 11 heteroatoms. The maximum atomic E-state index is 12.7. The smallest absolute Gasteiger partial charge is 0.292 e. The number of carbonyl (C=O) groups excluding carboxylic acids is 2. The van der Waals surface area contributed by atoms with Crippen LogP contribution < -0.4 is 10.2 Å². The number of carbonyl (C=O) groups is 2. The summed E-state index contributed by atoms with van der Waals surface area (Å²) < 4.78 is 5.14. The molecule has 2 aromatic heterocycles. The minimum atomic E-state index is -0.390. The lowest BCUT2D eigenvalue weighted by Gasteiger charge is -2.35. The van der Waals surface area contributed by atoms with Crippen LogP contribution in [0.3, 0.4) is 0 Å². The zero-order valence-electron chi connectivity index (χ0n) is 17.3. The Hall–Kier alpha value is -3.73. The Kier molecular flexibility index (Phi) is 6.17. The van der Waals surface area contributed by atoms with E-state index in [1.807, 2.05) is 4.90 Å². The molecule has 10 nitrogen and oxygen atoms in total. The molecule has 1 fully saturated rings. The van der Waals surface area contributed by atoms with E-state index < -0.39 is 0 Å². The monoisotopic (exact) mass is 455 g/mol. The molecule has 1 saturated heterocycles. The van der Waals surface area contributed by atoms with Crippen LogP contribution in [0.4, 0.5) is 16.5 Å². The van der Waals surface area contributed by atoms with Gasteiger partial charge in [0.05, 0.1) is 28.9 Å². The maximum Gasteiger partial charge on any atom is 0.292 e. The number of aryl methyl sites for hydroxylation is 1. The molecule has 0 bridgehead atoms. The maximum absolute atomic E-state index is 12.7. The Balaban J connectivity index is 1.32. The summed E-state index contributed by atoms with van der Waals surface area (Å²) in [5.41, 5.74) is 1.65. The molecule has 1 aliphatic heterocycles. The number of rotatable bonds is 6. The molecule has 0 spiro atoms. The molecule has 0 saturated carbocycles. The highest BCUT2D eigenvalue weighted by Gasteiger charge is 2.26. The second-order valence-corrected chi connectivity index (χ2v) is 8.14. The molecule has 3 heterocycles. The molecule has 0 unspecified atom stereocenters. The predicted octanol–water partition coefficient (Wildman–Crippen LogP) is 3.10. The first-order chi connectivity index (χ1) is 15.4. The molecule has 0 atom stereocenters. The number of furan rings is 1. The van der Waals surface area contributed by atoms with Gasteiger partial charge in [-0.2, -0.15) is 0 Å². The van der Waals surface area contributed by atoms with Gasteiger partial charge in [-0.25, -0.2) is 4.98 Å². The predicted molar refractivity (Wildman–Crippen MR) is 119 cm³/mol. The van der Waals surface area contributed by atoms with Gasteiger partial charge in [0.1, 0.15) is 11.4 Å². The summed E-state index contributed by atoms with van der Waals surface area (Å²) in [6, 6.07) is 8.21. The van der Waals surface area contributed by atoms with Gasteiger partial charge in [0.2, 0.25) is 5.91 Å². The summed E-state index contributed by atoms with van der Waals surface area (Å²) in [4.78, 5) is 43.9. The van der Waals surface area contributed by atoms with Crippen molar-refractivity contribution in [3.05, 3.63) is 69.1 Å². The number of hydrogen-bond donors (Lipinski definition) is 1. The van der Waals surface area contributed by atoms with E-state index in [2.05, 4.69) is 10.3 Å². The first-order valence-electron chi connectivity index (χ1n) is 9.98. The molecule has 166 valence electrons. The number of nitro groups is 1. The van der Waals surface area contributed by atoms with Crippen LogP contribution in [-0.2, 0) is 11.2 Å². The fourth-order valence-electron chi connectivity index (χ4n) is 3.58. The molecule has 1 aromatic carbocycles. The number of thiazole rings is 1. The van der Waals surface area contributed by atoms with Gasteiger partial charge < -0.3 is 14.2 Å². The largest absolute Gasteiger partial charge is 0.469 e. The minimum Gasteiger partial charge on any atom is -0.469 e. The number of nitro benzene ring substituents is 1. The number of nitrogens with zero attached hydrogens (tertiary/aromatic N) is 4. The number of anilines is 2. The van der Waals surface area contributed by atoms with E-state index in [9.17, 15) is 19.7 Å². The lowest BCUT2D eigenvalue weighted by molar-refractivity contribution is -0.384. The Morgan fingerprint density at radius 1 is 1.22 bits per heavy atom. The van der Waals surface area contributed by atoms with Crippen molar-refractivity contribution in [1.82, 2.24) is 9.88 Å². The summed E-state index contributed by atoms with van der Waals surface area (Å²) in [5, 5.41) is 16.2. The van der Waals surface area contributed by atoms with Gasteiger partial charge in [-0.3, -0.25) is 25.0 Å². The van der Waals surface area contributed by atoms with E-state index in [-0.39, 0.29) is 28.8 Å². The zero-order chi connectivity index (χ0) is 22.7. The zero-order valence-corrected chi connectivity index (χ0v) is 18.1. The van der Waals surface area contributed by atoms with Gasteiger partial charge >= 0.3 is 0 Å². The summed E-state index contributed by atoms with van der Waals surface area (Å²) >= 11 is 1.26. The van der Waals surface area contributed by atoms with Crippen molar-refractivity contribution in [2.75, 3.05) is 36.4 Å². The van der Waals surface area contributed by atoms with Gasteiger partial charge in [-0.1, -0.05) is 12.1 Å². The fraction of sp³-hybridized carbons (Fsp3) is 0.286. The molecule has 0 aliphatic carbocycles. The summed E-state index contributed by atoms with van der Waals surface area (Å²) in [7, 11) is 0. The highest BCUT2D eigenvalue weighted by Crippen LogP contribution is 2.28. The van der Waals surface area contributed by atoms with E-state index >= 15 is 0 Å². The minimum absolute atomic E-state index is 0.0648. The van der Waals surface area contributed by atoms with Crippen molar-refractivity contribution in [2.24, 2.45) is 0 Å². The highest BCUT2D eigenvalue weighted by molar-refractivity contribution is 7.14. The van der Waals surface area contributed by atoms with Crippen LogP contribution in [0.15, 0.2) is 46.4 Å². The average Bonchev–Trinajstić information content (AvgIpc) is 3.42. The molecule has 1 aliphatic rings. The topological polar surface area (TPSA) is 122 Å².